The van der Waals surface area contributed by atoms with Gasteiger partial charge in [0.05, 0.1) is 5.50 Å². The highest BCUT2D eigenvalue weighted by Gasteiger charge is 2.20. The molecule has 0 spiro atoms. The Bertz CT molecular complexity index is 78.8. The van der Waals surface area contributed by atoms with Crippen molar-refractivity contribution in [1.29, 1.82) is 0 Å². The second-order valence-corrected chi connectivity index (χ2v) is 3.43. The summed E-state index contributed by atoms with van der Waals surface area (Å²) in [6.07, 6.45) is 1.14. The van der Waals surface area contributed by atoms with Gasteiger partial charge >= 0.3 is 0 Å². The van der Waals surface area contributed by atoms with Gasteiger partial charge in [0.2, 0.25) is 0 Å². The molecule has 1 atom stereocenters. The van der Waals surface area contributed by atoms with Crippen molar-refractivity contribution in [2.45, 2.75) is 18.8 Å². The Balaban J connectivity index is 2.30. The molecule has 1 aliphatic rings. The zero-order chi connectivity index (χ0) is 5.98. The molecular weight excluding hydrogens is 142 g/mol. The van der Waals surface area contributed by atoms with Crippen molar-refractivity contribution in [2.24, 2.45) is 0 Å². The van der Waals surface area contributed by atoms with Gasteiger partial charge in [0.1, 0.15) is 0 Å². The molecule has 0 aromatic carbocycles. The zero-order valence-corrected chi connectivity index (χ0v) is 6.50. The Kier molecular flexibility index (Phi) is 2.47. The van der Waals surface area contributed by atoms with E-state index in [1.807, 2.05) is 11.9 Å². The Labute approximate surface area is 59.5 Å². The van der Waals surface area contributed by atoms with E-state index in [2.05, 4.69) is 11.2 Å². The maximum atomic E-state index is 5.88. The largest absolute Gasteiger partial charge is 0.233 e. The van der Waals surface area contributed by atoms with Gasteiger partial charge in [-0.05, 0) is 6.42 Å². The van der Waals surface area contributed by atoms with Crippen LogP contribution in [0.4, 0.5) is 0 Å². The fourth-order valence-electron chi connectivity index (χ4n) is 0.781. The second kappa shape index (κ2) is 2.95. The van der Waals surface area contributed by atoms with Gasteiger partial charge in [-0.25, -0.2) is 4.31 Å². The van der Waals surface area contributed by atoms with E-state index in [0.29, 0.717) is 5.50 Å². The number of halogens is 1. The molecule has 0 bridgehead atoms. The topological polar surface area (TPSA) is 3.24 Å². The van der Waals surface area contributed by atoms with Crippen LogP contribution in [-0.4, -0.2) is 22.1 Å². The number of nitrogens with zero attached hydrogens (tertiary/aromatic N) is 1. The summed E-state index contributed by atoms with van der Waals surface area (Å²) in [7, 11) is 0. The van der Waals surface area contributed by atoms with E-state index >= 15 is 0 Å². The maximum absolute atomic E-state index is 5.88. The SMILES string of the molecule is CCN1SCCC1Cl. The fraction of sp³-hybridized carbons (Fsp3) is 1.00. The first kappa shape index (κ1) is 6.72. The lowest BCUT2D eigenvalue weighted by Gasteiger charge is -2.13. The minimum absolute atomic E-state index is 0.296. The molecule has 0 amide bonds. The third-order valence-electron chi connectivity index (χ3n) is 1.24. The molecule has 1 unspecified atom stereocenters. The number of hydrogen-bond donors (Lipinski definition) is 0. The normalized spacial score (nSPS) is 31.5. The molecule has 0 saturated carbocycles. The van der Waals surface area contributed by atoms with E-state index in [4.69, 9.17) is 11.6 Å². The summed E-state index contributed by atoms with van der Waals surface area (Å²) >= 11 is 7.74. The van der Waals surface area contributed by atoms with Gasteiger partial charge in [-0.3, -0.25) is 0 Å². The van der Waals surface area contributed by atoms with Crippen molar-refractivity contribution in [3.63, 3.8) is 0 Å². The quantitative estimate of drug-likeness (QED) is 0.320. The molecule has 0 aliphatic carbocycles. The van der Waals surface area contributed by atoms with Crippen LogP contribution in [0.3, 0.4) is 0 Å². The molecule has 48 valence electrons. The monoisotopic (exact) mass is 151 g/mol. The first-order chi connectivity index (χ1) is 3.84. The van der Waals surface area contributed by atoms with Crippen LogP contribution >= 0.6 is 23.5 Å². The van der Waals surface area contributed by atoms with Gasteiger partial charge in [-0.2, -0.15) is 0 Å². The fourth-order valence-corrected chi connectivity index (χ4v) is 2.34. The minimum Gasteiger partial charge on any atom is -0.233 e. The Morgan fingerprint density at radius 2 is 2.62 bits per heavy atom. The summed E-state index contributed by atoms with van der Waals surface area (Å²) < 4.78 is 2.21. The van der Waals surface area contributed by atoms with Crippen molar-refractivity contribution >= 4 is 23.5 Å². The Morgan fingerprint density at radius 3 is 2.88 bits per heavy atom. The second-order valence-electron chi connectivity index (χ2n) is 1.79. The van der Waals surface area contributed by atoms with Crippen LogP contribution in [0.15, 0.2) is 0 Å². The average molecular weight is 152 g/mol. The van der Waals surface area contributed by atoms with E-state index in [1.54, 1.807) is 0 Å². The lowest BCUT2D eigenvalue weighted by atomic mass is 10.5. The zero-order valence-electron chi connectivity index (χ0n) is 4.93. The smallest absolute Gasteiger partial charge is 0.0951 e. The highest BCUT2D eigenvalue weighted by molar-refractivity contribution is 7.97. The van der Waals surface area contributed by atoms with Crippen LogP contribution in [0.1, 0.15) is 13.3 Å². The summed E-state index contributed by atoms with van der Waals surface area (Å²) in [5, 5.41) is 0. The molecule has 0 aromatic rings. The van der Waals surface area contributed by atoms with Crippen molar-refractivity contribution in [3.8, 4) is 0 Å². The molecule has 0 aromatic heterocycles. The molecule has 3 heteroatoms. The summed E-state index contributed by atoms with van der Waals surface area (Å²) in [5.74, 6) is 1.20. The van der Waals surface area contributed by atoms with Crippen molar-refractivity contribution in [2.75, 3.05) is 12.3 Å². The summed E-state index contributed by atoms with van der Waals surface area (Å²) in [6.45, 7) is 3.20. The van der Waals surface area contributed by atoms with E-state index in [0.717, 1.165) is 13.0 Å². The van der Waals surface area contributed by atoms with Crippen molar-refractivity contribution in [3.05, 3.63) is 0 Å². The molecule has 0 N–H and O–H groups in total. The summed E-state index contributed by atoms with van der Waals surface area (Å²) in [6, 6.07) is 0. The van der Waals surface area contributed by atoms with Gasteiger partial charge in [-0.1, -0.05) is 18.9 Å². The highest BCUT2D eigenvalue weighted by atomic mass is 35.5. The standard InChI is InChI=1S/C5H10ClNS/c1-2-7-5(6)3-4-8-7/h5H,2-4H2,1H3. The van der Waals surface area contributed by atoms with Gasteiger partial charge < -0.3 is 0 Å². The summed E-state index contributed by atoms with van der Waals surface area (Å²) in [5.41, 5.74) is 0.296. The van der Waals surface area contributed by atoms with Gasteiger partial charge in [0, 0.05) is 12.3 Å². The molecule has 0 radical (unpaired) electrons. The number of alkyl halides is 1. The van der Waals surface area contributed by atoms with Gasteiger partial charge in [0.15, 0.2) is 0 Å². The molecule has 1 nitrogen and oxygen atoms in total. The maximum Gasteiger partial charge on any atom is 0.0951 e. The molecule has 1 rings (SSSR count). The highest BCUT2D eigenvalue weighted by Crippen LogP contribution is 2.28. The predicted octanol–water partition coefficient (Wildman–Crippen LogP) is 1.93. The predicted molar refractivity (Wildman–Crippen MR) is 39.1 cm³/mol. The molecule has 1 fully saturated rings. The first-order valence-electron chi connectivity index (χ1n) is 2.88. The van der Waals surface area contributed by atoms with Gasteiger partial charge in [-0.15, -0.1) is 11.6 Å². The average Bonchev–Trinajstić information content (AvgIpc) is 2.14. The third kappa shape index (κ3) is 1.30. The summed E-state index contributed by atoms with van der Waals surface area (Å²) in [4.78, 5) is 0. The van der Waals surface area contributed by atoms with Crippen LogP contribution in [0, 0.1) is 0 Å². The lowest BCUT2D eigenvalue weighted by molar-refractivity contribution is 0.480. The molecular formula is C5H10ClNS. The van der Waals surface area contributed by atoms with E-state index < -0.39 is 0 Å². The van der Waals surface area contributed by atoms with E-state index in [9.17, 15) is 0 Å². The van der Waals surface area contributed by atoms with Gasteiger partial charge in [0.25, 0.3) is 0 Å². The lowest BCUT2D eigenvalue weighted by Crippen LogP contribution is -2.17. The Hall–Kier alpha value is 0.600. The van der Waals surface area contributed by atoms with Crippen LogP contribution in [-0.2, 0) is 0 Å². The van der Waals surface area contributed by atoms with Crippen molar-refractivity contribution in [1.82, 2.24) is 4.31 Å². The molecule has 8 heavy (non-hydrogen) atoms. The molecule has 1 aliphatic heterocycles. The van der Waals surface area contributed by atoms with E-state index in [1.165, 1.54) is 5.75 Å². The number of hydrogen-bond acceptors (Lipinski definition) is 2. The third-order valence-corrected chi connectivity index (χ3v) is 3.07. The van der Waals surface area contributed by atoms with Crippen molar-refractivity contribution < 1.29 is 0 Å². The first-order valence-corrected chi connectivity index (χ1v) is 4.26. The minimum atomic E-state index is 0.296. The van der Waals surface area contributed by atoms with E-state index in [-0.39, 0.29) is 0 Å². The number of rotatable bonds is 1. The van der Waals surface area contributed by atoms with Crippen LogP contribution in [0.5, 0.6) is 0 Å². The van der Waals surface area contributed by atoms with Crippen LogP contribution in [0.25, 0.3) is 0 Å². The molecule has 1 heterocycles. The Morgan fingerprint density at radius 1 is 1.88 bits per heavy atom. The molecule has 1 saturated heterocycles. The van der Waals surface area contributed by atoms with Crippen LogP contribution in [0.2, 0.25) is 0 Å². The van der Waals surface area contributed by atoms with Crippen LogP contribution < -0.4 is 0 Å².